The number of hydrogen-bond donors (Lipinski definition) is 2. The molecule has 1 amide bonds. The van der Waals surface area contributed by atoms with E-state index in [0.717, 1.165) is 0 Å². The quantitative estimate of drug-likeness (QED) is 0.608. The summed E-state index contributed by atoms with van der Waals surface area (Å²) in [6.07, 6.45) is 0. The highest BCUT2D eigenvalue weighted by molar-refractivity contribution is 6.01. The lowest BCUT2D eigenvalue weighted by atomic mass is 10.1. The Hall–Kier alpha value is -2.15. The number of benzene rings is 1. The lowest BCUT2D eigenvalue weighted by molar-refractivity contribution is -0.384. The SMILES string of the molecule is CNc1c(C(=O)N(CCO)C(C)C)cccc1[N+](=O)[O-]. The molecule has 2 N–H and O–H groups in total. The molecule has 0 aliphatic heterocycles. The van der Waals surface area contributed by atoms with Crippen LogP contribution in [-0.2, 0) is 0 Å². The second kappa shape index (κ2) is 6.85. The topological polar surface area (TPSA) is 95.7 Å². The Bertz CT molecular complexity index is 502. The van der Waals surface area contributed by atoms with Crippen molar-refractivity contribution >= 4 is 17.3 Å². The number of aliphatic hydroxyl groups is 1. The summed E-state index contributed by atoms with van der Waals surface area (Å²) in [6, 6.07) is 4.24. The molecule has 0 saturated carbocycles. The van der Waals surface area contributed by atoms with Crippen LogP contribution in [0.1, 0.15) is 24.2 Å². The van der Waals surface area contributed by atoms with E-state index in [1.807, 2.05) is 13.8 Å². The number of nitro benzene ring substituents is 1. The molecule has 0 fully saturated rings. The zero-order chi connectivity index (χ0) is 15.3. The normalized spacial score (nSPS) is 10.4. The minimum atomic E-state index is -0.533. The number of amides is 1. The molecule has 0 heterocycles. The Kier molecular flexibility index (Phi) is 5.45. The van der Waals surface area contributed by atoms with Crippen LogP contribution in [0, 0.1) is 10.1 Å². The molecule has 0 saturated heterocycles. The highest BCUT2D eigenvalue weighted by Crippen LogP contribution is 2.29. The van der Waals surface area contributed by atoms with Gasteiger partial charge < -0.3 is 15.3 Å². The van der Waals surface area contributed by atoms with Crippen LogP contribution < -0.4 is 5.32 Å². The van der Waals surface area contributed by atoms with Gasteiger partial charge in [-0.15, -0.1) is 0 Å². The summed E-state index contributed by atoms with van der Waals surface area (Å²) < 4.78 is 0. The molecule has 20 heavy (non-hydrogen) atoms. The van der Waals surface area contributed by atoms with Crippen molar-refractivity contribution in [1.82, 2.24) is 4.90 Å². The average molecular weight is 281 g/mol. The van der Waals surface area contributed by atoms with E-state index in [1.165, 1.54) is 30.1 Å². The molecule has 1 aromatic carbocycles. The van der Waals surface area contributed by atoms with E-state index >= 15 is 0 Å². The largest absolute Gasteiger partial charge is 0.395 e. The molecule has 0 aromatic heterocycles. The summed E-state index contributed by atoms with van der Waals surface area (Å²) >= 11 is 0. The predicted molar refractivity (Wildman–Crippen MR) is 75.9 cm³/mol. The Labute approximate surface area is 117 Å². The van der Waals surface area contributed by atoms with Crippen LogP contribution in [0.2, 0.25) is 0 Å². The van der Waals surface area contributed by atoms with Gasteiger partial charge in [-0.25, -0.2) is 0 Å². The first-order valence-corrected chi connectivity index (χ1v) is 6.31. The Morgan fingerprint density at radius 3 is 2.60 bits per heavy atom. The molecular formula is C13H19N3O4. The molecular weight excluding hydrogens is 262 g/mol. The Morgan fingerprint density at radius 1 is 1.50 bits per heavy atom. The molecule has 7 heteroatoms. The summed E-state index contributed by atoms with van der Waals surface area (Å²) in [4.78, 5) is 24.4. The zero-order valence-electron chi connectivity index (χ0n) is 11.8. The van der Waals surface area contributed by atoms with Gasteiger partial charge in [-0.2, -0.15) is 0 Å². The molecule has 0 spiro atoms. The highest BCUT2D eigenvalue weighted by atomic mass is 16.6. The monoisotopic (exact) mass is 281 g/mol. The second-order valence-corrected chi connectivity index (χ2v) is 4.52. The van der Waals surface area contributed by atoms with Crippen molar-refractivity contribution in [2.75, 3.05) is 25.5 Å². The molecule has 7 nitrogen and oxygen atoms in total. The Balaban J connectivity index is 3.27. The lowest BCUT2D eigenvalue weighted by Crippen LogP contribution is -2.39. The van der Waals surface area contributed by atoms with Crippen molar-refractivity contribution in [3.05, 3.63) is 33.9 Å². The molecule has 0 atom stereocenters. The maximum absolute atomic E-state index is 12.5. The van der Waals surface area contributed by atoms with Crippen LogP contribution in [0.4, 0.5) is 11.4 Å². The van der Waals surface area contributed by atoms with Crippen molar-refractivity contribution in [1.29, 1.82) is 0 Å². The van der Waals surface area contributed by atoms with Gasteiger partial charge in [0.2, 0.25) is 0 Å². The summed E-state index contributed by atoms with van der Waals surface area (Å²) in [6.45, 7) is 3.67. The van der Waals surface area contributed by atoms with Gasteiger partial charge in [-0.3, -0.25) is 14.9 Å². The molecule has 0 bridgehead atoms. The van der Waals surface area contributed by atoms with E-state index < -0.39 is 4.92 Å². The fourth-order valence-electron chi connectivity index (χ4n) is 1.99. The summed E-state index contributed by atoms with van der Waals surface area (Å²) in [7, 11) is 1.53. The highest BCUT2D eigenvalue weighted by Gasteiger charge is 2.25. The number of para-hydroxylation sites is 1. The lowest BCUT2D eigenvalue weighted by Gasteiger charge is -2.26. The summed E-state index contributed by atoms with van der Waals surface area (Å²) in [5.74, 6) is -0.345. The van der Waals surface area contributed by atoms with Gasteiger partial charge in [-0.1, -0.05) is 6.07 Å². The van der Waals surface area contributed by atoms with E-state index in [1.54, 1.807) is 0 Å². The van der Waals surface area contributed by atoms with Crippen LogP contribution >= 0.6 is 0 Å². The van der Waals surface area contributed by atoms with Crippen LogP contribution in [0.3, 0.4) is 0 Å². The van der Waals surface area contributed by atoms with Gasteiger partial charge in [0.25, 0.3) is 11.6 Å². The van der Waals surface area contributed by atoms with Gasteiger partial charge in [0.15, 0.2) is 0 Å². The maximum Gasteiger partial charge on any atom is 0.293 e. The van der Waals surface area contributed by atoms with Gasteiger partial charge >= 0.3 is 0 Å². The van der Waals surface area contributed by atoms with Crippen LogP contribution in [0.25, 0.3) is 0 Å². The average Bonchev–Trinajstić information content (AvgIpc) is 2.42. The summed E-state index contributed by atoms with van der Waals surface area (Å²) in [5, 5.41) is 22.7. The minimum Gasteiger partial charge on any atom is -0.395 e. The molecule has 0 radical (unpaired) electrons. The molecule has 0 unspecified atom stereocenters. The van der Waals surface area contributed by atoms with Crippen LogP contribution in [-0.4, -0.2) is 47.1 Å². The van der Waals surface area contributed by atoms with Crippen molar-refractivity contribution in [3.8, 4) is 0 Å². The standard InChI is InChI=1S/C13H19N3O4/c1-9(2)15(7-8-17)13(18)10-5-4-6-11(16(19)20)12(10)14-3/h4-6,9,14,17H,7-8H2,1-3H3. The number of nitro groups is 1. The van der Waals surface area contributed by atoms with Gasteiger partial charge in [0.1, 0.15) is 5.69 Å². The van der Waals surface area contributed by atoms with E-state index in [0.29, 0.717) is 0 Å². The van der Waals surface area contributed by atoms with Gasteiger partial charge in [0, 0.05) is 25.7 Å². The van der Waals surface area contributed by atoms with Crippen LogP contribution in [0.5, 0.6) is 0 Å². The van der Waals surface area contributed by atoms with Gasteiger partial charge in [-0.05, 0) is 19.9 Å². The fraction of sp³-hybridized carbons (Fsp3) is 0.462. The number of carbonyl (C=O) groups is 1. The van der Waals surface area contributed by atoms with E-state index in [2.05, 4.69) is 5.32 Å². The number of nitrogens with one attached hydrogen (secondary N) is 1. The van der Waals surface area contributed by atoms with E-state index in [-0.39, 0.29) is 42.0 Å². The second-order valence-electron chi connectivity index (χ2n) is 4.52. The zero-order valence-corrected chi connectivity index (χ0v) is 11.8. The Morgan fingerprint density at radius 2 is 2.15 bits per heavy atom. The summed E-state index contributed by atoms with van der Waals surface area (Å²) in [5.41, 5.74) is 0.265. The van der Waals surface area contributed by atoms with Crippen molar-refractivity contribution in [3.63, 3.8) is 0 Å². The minimum absolute atomic E-state index is 0.112. The van der Waals surface area contributed by atoms with Crippen LogP contribution in [0.15, 0.2) is 18.2 Å². The van der Waals surface area contributed by atoms with E-state index in [4.69, 9.17) is 5.11 Å². The third kappa shape index (κ3) is 3.24. The van der Waals surface area contributed by atoms with E-state index in [9.17, 15) is 14.9 Å². The number of carbonyl (C=O) groups excluding carboxylic acids is 1. The molecule has 0 aliphatic rings. The number of nitrogens with zero attached hydrogens (tertiary/aromatic N) is 2. The smallest absolute Gasteiger partial charge is 0.293 e. The van der Waals surface area contributed by atoms with Crippen molar-refractivity contribution in [2.45, 2.75) is 19.9 Å². The van der Waals surface area contributed by atoms with Crippen molar-refractivity contribution < 1.29 is 14.8 Å². The van der Waals surface area contributed by atoms with Crippen molar-refractivity contribution in [2.24, 2.45) is 0 Å². The third-order valence-electron chi connectivity index (χ3n) is 2.94. The first-order valence-electron chi connectivity index (χ1n) is 6.31. The molecule has 0 aliphatic carbocycles. The first kappa shape index (κ1) is 15.9. The molecule has 1 rings (SSSR count). The number of rotatable bonds is 6. The molecule has 1 aromatic rings. The van der Waals surface area contributed by atoms with Gasteiger partial charge in [0.05, 0.1) is 17.1 Å². The number of aliphatic hydroxyl groups excluding tert-OH is 1. The third-order valence-corrected chi connectivity index (χ3v) is 2.94. The number of anilines is 1. The first-order chi connectivity index (χ1) is 9.43. The fourth-order valence-corrected chi connectivity index (χ4v) is 1.99. The molecule has 110 valence electrons. The number of hydrogen-bond acceptors (Lipinski definition) is 5. The maximum atomic E-state index is 12.5. The predicted octanol–water partition coefficient (Wildman–Crippen LogP) is 1.48.